The molecule has 1 fully saturated rings. The highest BCUT2D eigenvalue weighted by Gasteiger charge is 2.44. The average molecular weight is 536 g/mol. The van der Waals surface area contributed by atoms with E-state index in [1.165, 1.54) is 0 Å². The zero-order chi connectivity index (χ0) is 15.3. The van der Waals surface area contributed by atoms with E-state index in [0.29, 0.717) is 11.0 Å². The van der Waals surface area contributed by atoms with Crippen molar-refractivity contribution in [2.45, 2.75) is 24.5 Å². The van der Waals surface area contributed by atoms with E-state index < -0.39 is 24.5 Å². The van der Waals surface area contributed by atoms with Gasteiger partial charge in [0.15, 0.2) is 6.23 Å². The summed E-state index contributed by atoms with van der Waals surface area (Å²) >= 11 is 10.6. The number of nitrogens with zero attached hydrogens (tertiary/aromatic N) is 2. The van der Waals surface area contributed by atoms with Crippen LogP contribution in [-0.2, 0) is 4.74 Å². The molecule has 0 spiro atoms. The second-order valence-corrected chi connectivity index (χ2v) is 7.40. The predicted molar refractivity (Wildman–Crippen MR) is 93.2 cm³/mol. The summed E-state index contributed by atoms with van der Waals surface area (Å²) in [7, 11) is 0. The largest absolute Gasteiger partial charge is 0.394 e. The van der Waals surface area contributed by atoms with E-state index >= 15 is 0 Å². The highest BCUT2D eigenvalue weighted by Crippen LogP contribution is 2.35. The molecule has 114 valence electrons. The van der Waals surface area contributed by atoms with Crippen molar-refractivity contribution in [3.8, 4) is 0 Å². The van der Waals surface area contributed by atoms with Gasteiger partial charge in [-0.2, -0.15) is 0 Å². The smallest absolute Gasteiger partial charge is 0.206 e. The average Bonchev–Trinajstić information content (AvgIpc) is 2.89. The SMILES string of the molecule is OC[C@H]1OC(n2c(Cl)nc3cc(I)c(I)cc32)[C@H](O)[C@@H]1O. The fraction of sp³-hybridized carbons (Fsp3) is 0.417. The Balaban J connectivity index is 2.12. The molecule has 1 aromatic heterocycles. The molecular formula is C12H11ClI2N2O4. The van der Waals surface area contributed by atoms with Crippen LogP contribution in [-0.4, -0.2) is 49.8 Å². The van der Waals surface area contributed by atoms with E-state index in [1.807, 2.05) is 12.1 Å². The topological polar surface area (TPSA) is 87.7 Å². The third-order valence-corrected chi connectivity index (χ3v) is 6.54. The van der Waals surface area contributed by atoms with Gasteiger partial charge in [-0.1, -0.05) is 0 Å². The van der Waals surface area contributed by atoms with E-state index in [1.54, 1.807) is 4.57 Å². The van der Waals surface area contributed by atoms with Crippen LogP contribution in [0.4, 0.5) is 0 Å². The Morgan fingerprint density at radius 2 is 1.90 bits per heavy atom. The van der Waals surface area contributed by atoms with Crippen LogP contribution in [0.25, 0.3) is 11.0 Å². The Labute approximate surface area is 152 Å². The Hall–Kier alpha value is 0.280. The Kier molecular flexibility index (Phi) is 4.66. The van der Waals surface area contributed by atoms with E-state index in [-0.39, 0.29) is 11.9 Å². The Morgan fingerprint density at radius 3 is 2.52 bits per heavy atom. The maximum absolute atomic E-state index is 10.1. The van der Waals surface area contributed by atoms with Crippen LogP contribution < -0.4 is 0 Å². The second-order valence-electron chi connectivity index (χ2n) is 4.73. The number of aliphatic hydroxyl groups excluding tert-OH is 3. The molecule has 2 aromatic rings. The number of aromatic nitrogens is 2. The minimum atomic E-state index is -1.19. The van der Waals surface area contributed by atoms with Crippen LogP contribution in [0.5, 0.6) is 0 Å². The number of imidazole rings is 1. The fourth-order valence-electron chi connectivity index (χ4n) is 2.40. The number of rotatable bonds is 2. The highest BCUT2D eigenvalue weighted by molar-refractivity contribution is 14.1. The Bertz CT molecular complexity index is 695. The van der Waals surface area contributed by atoms with Crippen LogP contribution in [0, 0.1) is 7.14 Å². The minimum Gasteiger partial charge on any atom is -0.394 e. The number of fused-ring (bicyclic) bond motifs is 1. The number of hydrogen-bond donors (Lipinski definition) is 3. The van der Waals surface area contributed by atoms with E-state index in [0.717, 1.165) is 7.14 Å². The summed E-state index contributed by atoms with van der Waals surface area (Å²) in [6, 6.07) is 3.78. The van der Waals surface area contributed by atoms with Gasteiger partial charge in [0, 0.05) is 7.14 Å². The van der Waals surface area contributed by atoms with Crippen LogP contribution >= 0.6 is 56.8 Å². The summed E-state index contributed by atoms with van der Waals surface area (Å²) < 4.78 is 9.13. The zero-order valence-corrected chi connectivity index (χ0v) is 15.5. The summed E-state index contributed by atoms with van der Waals surface area (Å²) in [5.41, 5.74) is 1.39. The van der Waals surface area contributed by atoms with Crippen LogP contribution in [0.3, 0.4) is 0 Å². The first-order valence-corrected chi connectivity index (χ1v) is 8.62. The van der Waals surface area contributed by atoms with Crippen LogP contribution in [0.2, 0.25) is 5.28 Å². The van der Waals surface area contributed by atoms with Crippen molar-refractivity contribution in [3.63, 3.8) is 0 Å². The minimum absolute atomic E-state index is 0.164. The number of hydrogen-bond acceptors (Lipinski definition) is 5. The summed E-state index contributed by atoms with van der Waals surface area (Å²) in [4.78, 5) is 4.25. The number of benzene rings is 1. The van der Waals surface area contributed by atoms with Crippen molar-refractivity contribution in [2.24, 2.45) is 0 Å². The Morgan fingerprint density at radius 1 is 1.24 bits per heavy atom. The van der Waals surface area contributed by atoms with Crippen molar-refractivity contribution < 1.29 is 20.1 Å². The molecule has 1 aliphatic rings. The van der Waals surface area contributed by atoms with Gasteiger partial charge in [0.1, 0.15) is 18.3 Å². The molecule has 6 nitrogen and oxygen atoms in total. The second kappa shape index (κ2) is 6.06. The van der Waals surface area contributed by atoms with Crippen molar-refractivity contribution in [2.75, 3.05) is 6.61 Å². The molecule has 9 heteroatoms. The molecule has 21 heavy (non-hydrogen) atoms. The lowest BCUT2D eigenvalue weighted by Crippen LogP contribution is -2.33. The summed E-state index contributed by atoms with van der Waals surface area (Å²) in [6.45, 7) is -0.381. The first-order valence-electron chi connectivity index (χ1n) is 6.09. The monoisotopic (exact) mass is 536 g/mol. The maximum atomic E-state index is 10.1. The lowest BCUT2D eigenvalue weighted by molar-refractivity contribution is -0.0507. The molecule has 1 aliphatic heterocycles. The van der Waals surface area contributed by atoms with Crippen molar-refractivity contribution >= 4 is 67.8 Å². The van der Waals surface area contributed by atoms with Gasteiger partial charge in [0.2, 0.25) is 5.28 Å². The summed E-state index contributed by atoms with van der Waals surface area (Å²) in [5.74, 6) is 0. The normalized spacial score (nSPS) is 29.4. The molecule has 2 heterocycles. The molecule has 1 aromatic carbocycles. The molecule has 0 amide bonds. The molecule has 4 atom stereocenters. The van der Waals surface area contributed by atoms with Crippen LogP contribution in [0.15, 0.2) is 12.1 Å². The molecule has 0 aliphatic carbocycles. The highest BCUT2D eigenvalue weighted by atomic mass is 127. The van der Waals surface area contributed by atoms with Gasteiger partial charge in [0.25, 0.3) is 0 Å². The van der Waals surface area contributed by atoms with Gasteiger partial charge in [-0.25, -0.2) is 4.98 Å². The summed E-state index contributed by atoms with van der Waals surface area (Å²) in [5, 5.41) is 29.4. The summed E-state index contributed by atoms with van der Waals surface area (Å²) in [6.07, 6.45) is -4.09. The first kappa shape index (κ1) is 16.1. The van der Waals surface area contributed by atoms with Crippen molar-refractivity contribution in [1.82, 2.24) is 9.55 Å². The standard InChI is InChI=1S/C12H11ClI2N2O4/c13-12-16-6-1-4(14)5(15)2-7(6)17(12)11-10(20)9(19)8(3-18)21-11/h1-2,8-11,18-20H,3H2/t8-,9-,10-,11?/m1/s1. The third-order valence-electron chi connectivity index (χ3n) is 3.46. The van der Waals surface area contributed by atoms with Gasteiger partial charge >= 0.3 is 0 Å². The molecule has 0 saturated carbocycles. The predicted octanol–water partition coefficient (Wildman–Crippen LogP) is 1.51. The van der Waals surface area contributed by atoms with Crippen LogP contribution in [0.1, 0.15) is 6.23 Å². The lowest BCUT2D eigenvalue weighted by Gasteiger charge is -2.18. The van der Waals surface area contributed by atoms with E-state index in [2.05, 4.69) is 50.2 Å². The molecular weight excluding hydrogens is 525 g/mol. The maximum Gasteiger partial charge on any atom is 0.206 e. The van der Waals surface area contributed by atoms with E-state index in [4.69, 9.17) is 16.3 Å². The molecule has 3 rings (SSSR count). The number of aliphatic hydroxyl groups is 3. The molecule has 1 saturated heterocycles. The van der Waals surface area contributed by atoms with Gasteiger partial charge in [-0.15, -0.1) is 0 Å². The fourth-order valence-corrected chi connectivity index (χ4v) is 3.58. The molecule has 1 unspecified atom stereocenters. The number of halogens is 3. The molecule has 0 bridgehead atoms. The van der Waals surface area contributed by atoms with Gasteiger partial charge < -0.3 is 20.1 Å². The van der Waals surface area contributed by atoms with Gasteiger partial charge in [0.05, 0.1) is 17.6 Å². The molecule has 0 radical (unpaired) electrons. The third kappa shape index (κ3) is 2.68. The van der Waals surface area contributed by atoms with Crippen molar-refractivity contribution in [1.29, 1.82) is 0 Å². The quantitative estimate of drug-likeness (QED) is 0.507. The molecule has 3 N–H and O–H groups in total. The van der Waals surface area contributed by atoms with E-state index in [9.17, 15) is 15.3 Å². The van der Waals surface area contributed by atoms with Gasteiger partial charge in [-0.05, 0) is 68.9 Å². The lowest BCUT2D eigenvalue weighted by atomic mass is 10.1. The number of ether oxygens (including phenoxy) is 1. The van der Waals surface area contributed by atoms with Crippen molar-refractivity contribution in [3.05, 3.63) is 24.6 Å². The first-order chi connectivity index (χ1) is 9.93. The zero-order valence-electron chi connectivity index (χ0n) is 10.4. The van der Waals surface area contributed by atoms with Gasteiger partial charge in [-0.3, -0.25) is 4.57 Å².